The van der Waals surface area contributed by atoms with E-state index < -0.39 is 0 Å². The van der Waals surface area contributed by atoms with Crippen LogP contribution in [0.2, 0.25) is 0 Å². The molecule has 0 saturated carbocycles. The molecule has 0 radical (unpaired) electrons. The van der Waals surface area contributed by atoms with Crippen molar-refractivity contribution in [3.63, 3.8) is 0 Å². The molecule has 28 heavy (non-hydrogen) atoms. The van der Waals surface area contributed by atoms with E-state index in [0.29, 0.717) is 12.2 Å². The molecule has 2 aromatic carbocycles. The summed E-state index contributed by atoms with van der Waals surface area (Å²) in [6.07, 6.45) is 5.48. The molecule has 1 aliphatic rings. The molecule has 5 heteroatoms. The van der Waals surface area contributed by atoms with Gasteiger partial charge in [-0.1, -0.05) is 54.6 Å². The zero-order valence-corrected chi connectivity index (χ0v) is 15.8. The van der Waals surface area contributed by atoms with Gasteiger partial charge in [-0.05, 0) is 36.0 Å². The first-order valence-corrected chi connectivity index (χ1v) is 9.79. The SMILES string of the molecule is O=C(Cc1ccc(-c2ccccc2)cc1)Nc1cc(N2CCCCC2)ncn1. The van der Waals surface area contributed by atoms with Crippen LogP contribution in [0.25, 0.3) is 11.1 Å². The van der Waals surface area contributed by atoms with Gasteiger partial charge in [-0.2, -0.15) is 0 Å². The Morgan fingerprint density at radius 2 is 1.61 bits per heavy atom. The topological polar surface area (TPSA) is 58.1 Å². The zero-order chi connectivity index (χ0) is 19.2. The van der Waals surface area contributed by atoms with Gasteiger partial charge in [-0.3, -0.25) is 4.79 Å². The van der Waals surface area contributed by atoms with Gasteiger partial charge in [0.1, 0.15) is 18.0 Å². The molecule has 2 heterocycles. The number of aromatic nitrogens is 2. The number of amides is 1. The first-order chi connectivity index (χ1) is 13.8. The van der Waals surface area contributed by atoms with Gasteiger partial charge in [0.25, 0.3) is 0 Å². The number of rotatable bonds is 5. The Balaban J connectivity index is 1.38. The molecule has 1 N–H and O–H groups in total. The number of piperidine rings is 1. The van der Waals surface area contributed by atoms with Crippen LogP contribution in [0.3, 0.4) is 0 Å². The largest absolute Gasteiger partial charge is 0.356 e. The van der Waals surface area contributed by atoms with E-state index >= 15 is 0 Å². The van der Waals surface area contributed by atoms with Crippen molar-refractivity contribution in [3.05, 3.63) is 72.6 Å². The summed E-state index contributed by atoms with van der Waals surface area (Å²) in [5, 5.41) is 2.90. The summed E-state index contributed by atoms with van der Waals surface area (Å²) in [6.45, 7) is 2.02. The Morgan fingerprint density at radius 3 is 2.36 bits per heavy atom. The lowest BCUT2D eigenvalue weighted by molar-refractivity contribution is -0.115. The van der Waals surface area contributed by atoms with Crippen LogP contribution in [-0.4, -0.2) is 29.0 Å². The third kappa shape index (κ3) is 4.55. The molecule has 0 unspecified atom stereocenters. The number of carbonyl (C=O) groups excluding carboxylic acids is 1. The molecule has 0 spiro atoms. The van der Waals surface area contributed by atoms with E-state index in [1.54, 1.807) is 0 Å². The Hall–Kier alpha value is -3.21. The molecule has 4 rings (SSSR count). The highest BCUT2D eigenvalue weighted by molar-refractivity contribution is 5.91. The molecule has 1 saturated heterocycles. The molecule has 142 valence electrons. The van der Waals surface area contributed by atoms with Crippen molar-refractivity contribution in [3.8, 4) is 11.1 Å². The monoisotopic (exact) mass is 372 g/mol. The Labute approximate surface area is 165 Å². The van der Waals surface area contributed by atoms with Crippen molar-refractivity contribution in [2.24, 2.45) is 0 Å². The normalized spacial score (nSPS) is 13.9. The molecular weight excluding hydrogens is 348 g/mol. The lowest BCUT2D eigenvalue weighted by Gasteiger charge is -2.27. The van der Waals surface area contributed by atoms with Crippen molar-refractivity contribution in [2.75, 3.05) is 23.3 Å². The highest BCUT2D eigenvalue weighted by atomic mass is 16.1. The van der Waals surface area contributed by atoms with Crippen LogP contribution in [0.15, 0.2) is 67.0 Å². The lowest BCUT2D eigenvalue weighted by atomic mass is 10.0. The average Bonchev–Trinajstić information content (AvgIpc) is 2.76. The number of hydrogen-bond acceptors (Lipinski definition) is 4. The van der Waals surface area contributed by atoms with E-state index in [1.165, 1.54) is 31.2 Å². The molecule has 3 aromatic rings. The number of benzene rings is 2. The number of nitrogens with one attached hydrogen (secondary N) is 1. The summed E-state index contributed by atoms with van der Waals surface area (Å²) < 4.78 is 0. The number of anilines is 2. The smallest absolute Gasteiger partial charge is 0.229 e. The van der Waals surface area contributed by atoms with Crippen LogP contribution in [0.5, 0.6) is 0 Å². The van der Waals surface area contributed by atoms with Crippen molar-refractivity contribution < 1.29 is 4.79 Å². The minimum Gasteiger partial charge on any atom is -0.356 e. The van der Waals surface area contributed by atoms with Gasteiger partial charge in [-0.25, -0.2) is 9.97 Å². The van der Waals surface area contributed by atoms with E-state index in [0.717, 1.165) is 30.0 Å². The average molecular weight is 372 g/mol. The third-order valence-corrected chi connectivity index (χ3v) is 5.03. The summed E-state index contributed by atoms with van der Waals surface area (Å²) in [7, 11) is 0. The van der Waals surface area contributed by atoms with Crippen molar-refractivity contribution in [2.45, 2.75) is 25.7 Å². The predicted molar refractivity (Wildman–Crippen MR) is 112 cm³/mol. The molecule has 1 amide bonds. The maximum absolute atomic E-state index is 12.4. The first kappa shape index (κ1) is 18.2. The standard InChI is InChI=1S/C23H24N4O/c28-23(15-18-9-11-20(12-10-18)19-7-3-1-4-8-19)26-21-16-22(25-17-24-21)27-13-5-2-6-14-27/h1,3-4,7-12,16-17H,2,5-6,13-15H2,(H,24,25,26,28). The van der Waals surface area contributed by atoms with Gasteiger partial charge in [0.2, 0.25) is 5.91 Å². The zero-order valence-electron chi connectivity index (χ0n) is 15.8. The van der Waals surface area contributed by atoms with Gasteiger partial charge >= 0.3 is 0 Å². The van der Waals surface area contributed by atoms with Crippen LogP contribution < -0.4 is 10.2 Å². The second-order valence-corrected chi connectivity index (χ2v) is 7.10. The summed E-state index contributed by atoms with van der Waals surface area (Å²) in [5.41, 5.74) is 3.29. The first-order valence-electron chi connectivity index (χ1n) is 9.79. The molecule has 1 fully saturated rings. The van der Waals surface area contributed by atoms with E-state index in [-0.39, 0.29) is 5.91 Å². The fraction of sp³-hybridized carbons (Fsp3) is 0.261. The van der Waals surface area contributed by atoms with Crippen molar-refractivity contribution in [1.29, 1.82) is 0 Å². The summed E-state index contributed by atoms with van der Waals surface area (Å²) in [4.78, 5) is 23.2. The van der Waals surface area contributed by atoms with E-state index in [4.69, 9.17) is 0 Å². The number of nitrogens with zero attached hydrogens (tertiary/aromatic N) is 3. The van der Waals surface area contributed by atoms with E-state index in [1.807, 2.05) is 36.4 Å². The molecule has 0 aliphatic carbocycles. The van der Waals surface area contributed by atoms with Crippen LogP contribution >= 0.6 is 0 Å². The second kappa shape index (κ2) is 8.65. The van der Waals surface area contributed by atoms with Gasteiger partial charge in [0.15, 0.2) is 0 Å². The highest BCUT2D eigenvalue weighted by Gasteiger charge is 2.13. The van der Waals surface area contributed by atoms with E-state index in [9.17, 15) is 4.79 Å². The lowest BCUT2D eigenvalue weighted by Crippen LogP contribution is -2.30. The fourth-order valence-electron chi connectivity index (χ4n) is 3.53. The molecule has 1 aliphatic heterocycles. The Bertz CT molecular complexity index is 919. The minimum absolute atomic E-state index is 0.0734. The molecular formula is C23H24N4O. The maximum Gasteiger partial charge on any atom is 0.229 e. The second-order valence-electron chi connectivity index (χ2n) is 7.10. The van der Waals surface area contributed by atoms with Gasteiger partial charge in [0, 0.05) is 19.2 Å². The van der Waals surface area contributed by atoms with Gasteiger partial charge in [-0.15, -0.1) is 0 Å². The van der Waals surface area contributed by atoms with Crippen LogP contribution in [-0.2, 0) is 11.2 Å². The van der Waals surface area contributed by atoms with Crippen LogP contribution in [0.4, 0.5) is 11.6 Å². The van der Waals surface area contributed by atoms with Gasteiger partial charge in [0.05, 0.1) is 6.42 Å². The maximum atomic E-state index is 12.4. The third-order valence-electron chi connectivity index (χ3n) is 5.03. The molecule has 1 aromatic heterocycles. The molecule has 5 nitrogen and oxygen atoms in total. The Morgan fingerprint density at radius 1 is 0.893 bits per heavy atom. The summed E-state index contributed by atoms with van der Waals surface area (Å²) in [6, 6.07) is 20.2. The van der Waals surface area contributed by atoms with E-state index in [2.05, 4.69) is 44.5 Å². The van der Waals surface area contributed by atoms with Crippen molar-refractivity contribution in [1.82, 2.24) is 9.97 Å². The fourth-order valence-corrected chi connectivity index (χ4v) is 3.53. The minimum atomic E-state index is -0.0734. The molecule has 0 atom stereocenters. The highest BCUT2D eigenvalue weighted by Crippen LogP contribution is 2.21. The predicted octanol–water partition coefficient (Wildman–Crippen LogP) is 4.32. The van der Waals surface area contributed by atoms with Crippen LogP contribution in [0.1, 0.15) is 24.8 Å². The summed E-state index contributed by atoms with van der Waals surface area (Å²) >= 11 is 0. The quantitative estimate of drug-likeness (QED) is 0.725. The molecule has 0 bridgehead atoms. The number of carbonyl (C=O) groups is 1. The Kier molecular flexibility index (Phi) is 5.61. The van der Waals surface area contributed by atoms with Gasteiger partial charge < -0.3 is 10.2 Å². The summed E-state index contributed by atoms with van der Waals surface area (Å²) in [5.74, 6) is 1.37. The van der Waals surface area contributed by atoms with Crippen molar-refractivity contribution >= 4 is 17.5 Å². The van der Waals surface area contributed by atoms with Crippen LogP contribution in [0, 0.1) is 0 Å². The number of hydrogen-bond donors (Lipinski definition) is 1.